The lowest BCUT2D eigenvalue weighted by Crippen LogP contribution is -2.46. The maximum Gasteiger partial charge on any atom is 0.322 e. The fraction of sp³-hybridized carbons (Fsp3) is 0.545. The molecule has 0 fully saturated rings. The average molecular weight is 310 g/mol. The third-order valence-corrected chi connectivity index (χ3v) is 2.42. The second-order valence-corrected chi connectivity index (χ2v) is 3.89. The molecule has 0 saturated carbocycles. The molecule has 4 amide bonds. The number of nitrogens with zero attached hydrogens (tertiary/aromatic N) is 3. The number of isocyanates is 3. The number of hydrogen-bond donors (Lipinski definition) is 3. The van der Waals surface area contributed by atoms with E-state index in [2.05, 4.69) is 20.3 Å². The minimum atomic E-state index is -1.05. The zero-order chi connectivity index (χ0) is 16.8. The van der Waals surface area contributed by atoms with Crippen molar-refractivity contribution in [1.82, 2.24) is 10.6 Å². The van der Waals surface area contributed by atoms with Crippen LogP contribution < -0.4 is 16.4 Å². The molecule has 0 radical (unpaired) electrons. The highest BCUT2D eigenvalue weighted by Gasteiger charge is 2.21. The molecule has 22 heavy (non-hydrogen) atoms. The van der Waals surface area contributed by atoms with Gasteiger partial charge < -0.3 is 11.1 Å². The maximum absolute atomic E-state index is 11.2. The van der Waals surface area contributed by atoms with Crippen molar-refractivity contribution in [2.45, 2.75) is 24.9 Å². The summed E-state index contributed by atoms with van der Waals surface area (Å²) in [6.07, 6.45) is 4.65. The molecule has 0 aromatic heterocycles. The van der Waals surface area contributed by atoms with Crippen LogP contribution in [0, 0.1) is 0 Å². The Balaban J connectivity index is 4.71. The van der Waals surface area contributed by atoms with Crippen LogP contribution in [0.15, 0.2) is 15.0 Å². The Kier molecular flexibility index (Phi) is 10.0. The Labute approximate surface area is 124 Å². The third-order valence-electron chi connectivity index (χ3n) is 2.42. The average Bonchev–Trinajstić information content (AvgIpc) is 2.46. The van der Waals surface area contributed by atoms with Gasteiger partial charge in [0.1, 0.15) is 6.04 Å². The first-order valence-electron chi connectivity index (χ1n) is 6.07. The van der Waals surface area contributed by atoms with Crippen LogP contribution in [0.25, 0.3) is 0 Å². The van der Waals surface area contributed by atoms with Crippen LogP contribution in [-0.2, 0) is 14.4 Å². The van der Waals surface area contributed by atoms with Crippen LogP contribution in [0.2, 0.25) is 0 Å². The van der Waals surface area contributed by atoms with Crippen molar-refractivity contribution in [3.8, 4) is 0 Å². The summed E-state index contributed by atoms with van der Waals surface area (Å²) in [5.41, 5.74) is 4.75. The molecular formula is C11H14N6O5. The Bertz CT molecular complexity index is 531. The van der Waals surface area contributed by atoms with Crippen LogP contribution in [0.4, 0.5) is 9.59 Å². The molecule has 0 spiro atoms. The quantitative estimate of drug-likeness (QED) is 0.278. The highest BCUT2D eigenvalue weighted by atomic mass is 16.2. The van der Waals surface area contributed by atoms with Crippen molar-refractivity contribution < 1.29 is 24.0 Å². The summed E-state index contributed by atoms with van der Waals surface area (Å²) in [6.45, 7) is -0.0252. The summed E-state index contributed by atoms with van der Waals surface area (Å²) < 4.78 is 0. The topological polar surface area (TPSA) is 173 Å². The van der Waals surface area contributed by atoms with Gasteiger partial charge in [-0.2, -0.15) is 4.99 Å². The second kappa shape index (κ2) is 11.7. The fourth-order valence-electron chi connectivity index (χ4n) is 1.52. The highest BCUT2D eigenvalue weighted by molar-refractivity contribution is 5.92. The number of carbonyl (C=O) groups excluding carboxylic acids is 5. The monoisotopic (exact) mass is 310 g/mol. The van der Waals surface area contributed by atoms with Gasteiger partial charge in [0.2, 0.25) is 18.2 Å². The number of aliphatic imine (C=N–C) groups is 3. The number of imide groups is 1. The lowest BCUT2D eigenvalue weighted by Gasteiger charge is -2.18. The molecule has 11 heteroatoms. The molecule has 0 aliphatic heterocycles. The molecule has 0 heterocycles. The molecule has 0 saturated heterocycles. The molecule has 0 aromatic carbocycles. The maximum atomic E-state index is 11.2. The predicted molar refractivity (Wildman–Crippen MR) is 72.2 cm³/mol. The number of urea groups is 2. The number of hydrogen-bond acceptors (Lipinski definition) is 8. The molecule has 0 rings (SSSR count). The summed E-state index contributed by atoms with van der Waals surface area (Å²) in [5, 5.41) is 3.99. The smallest absolute Gasteiger partial charge is 0.322 e. The van der Waals surface area contributed by atoms with Gasteiger partial charge in [0, 0.05) is 6.54 Å². The van der Waals surface area contributed by atoms with Gasteiger partial charge in [-0.15, -0.1) is 0 Å². The van der Waals surface area contributed by atoms with Crippen LogP contribution in [-0.4, -0.2) is 55.5 Å². The summed E-state index contributed by atoms with van der Waals surface area (Å²) >= 11 is 0. The Morgan fingerprint density at radius 3 is 2.23 bits per heavy atom. The van der Waals surface area contributed by atoms with Gasteiger partial charge in [0.25, 0.3) is 0 Å². The van der Waals surface area contributed by atoms with Crippen molar-refractivity contribution in [3.63, 3.8) is 0 Å². The van der Waals surface area contributed by atoms with Crippen LogP contribution in [0.3, 0.4) is 0 Å². The Hall–Kier alpha value is -3.12. The van der Waals surface area contributed by atoms with Gasteiger partial charge in [-0.3, -0.25) is 5.32 Å². The van der Waals surface area contributed by atoms with E-state index in [4.69, 9.17) is 5.73 Å². The molecule has 11 nitrogen and oxygen atoms in total. The summed E-state index contributed by atoms with van der Waals surface area (Å²) in [6, 6.07) is -3.60. The predicted octanol–water partition coefficient (Wildman–Crippen LogP) is -1.11. The van der Waals surface area contributed by atoms with Gasteiger partial charge >= 0.3 is 12.1 Å². The van der Waals surface area contributed by atoms with E-state index in [0.29, 0.717) is 6.42 Å². The number of rotatable bonds is 9. The standard InChI is InChI=1S/C11H14N6O5/c12-10(21)17-11(22)14-4-9(16-7-20)8(15-6-19)2-1-3-13-5-18/h8-9H,1-4H2,(H4,12,14,17,21,22). The lowest BCUT2D eigenvalue weighted by molar-refractivity contribution is 0.230. The zero-order valence-electron chi connectivity index (χ0n) is 11.4. The van der Waals surface area contributed by atoms with E-state index in [1.807, 2.05) is 0 Å². The van der Waals surface area contributed by atoms with E-state index in [0.717, 1.165) is 0 Å². The van der Waals surface area contributed by atoms with E-state index < -0.39 is 24.1 Å². The first-order chi connectivity index (χ1) is 10.5. The van der Waals surface area contributed by atoms with E-state index >= 15 is 0 Å². The SMILES string of the molecule is NC(=O)NC(=O)NCC(N=C=O)C(CCCN=C=O)N=C=O. The van der Waals surface area contributed by atoms with Crippen molar-refractivity contribution in [2.24, 2.45) is 20.7 Å². The fourth-order valence-corrected chi connectivity index (χ4v) is 1.52. The highest BCUT2D eigenvalue weighted by Crippen LogP contribution is 2.10. The molecule has 0 aromatic rings. The van der Waals surface area contributed by atoms with Crippen molar-refractivity contribution >= 4 is 30.3 Å². The molecule has 0 aliphatic rings. The number of primary amides is 1. The molecule has 2 atom stereocenters. The molecule has 118 valence electrons. The van der Waals surface area contributed by atoms with Gasteiger partial charge in [0.05, 0.1) is 12.6 Å². The summed E-state index contributed by atoms with van der Waals surface area (Å²) in [4.78, 5) is 62.7. The summed E-state index contributed by atoms with van der Waals surface area (Å²) in [5.74, 6) is 0. The van der Waals surface area contributed by atoms with Crippen LogP contribution in [0.5, 0.6) is 0 Å². The normalized spacial score (nSPS) is 11.6. The van der Waals surface area contributed by atoms with Gasteiger partial charge in [-0.05, 0) is 12.8 Å². The Morgan fingerprint density at radius 1 is 1.05 bits per heavy atom. The van der Waals surface area contributed by atoms with Gasteiger partial charge in [-0.1, -0.05) is 0 Å². The van der Waals surface area contributed by atoms with Crippen LogP contribution in [0.1, 0.15) is 12.8 Å². The number of nitrogens with one attached hydrogen (secondary N) is 2. The molecular weight excluding hydrogens is 296 g/mol. The zero-order valence-corrected chi connectivity index (χ0v) is 11.4. The molecule has 4 N–H and O–H groups in total. The minimum Gasteiger partial charge on any atom is -0.351 e. The van der Waals surface area contributed by atoms with Crippen molar-refractivity contribution in [1.29, 1.82) is 0 Å². The summed E-state index contributed by atoms with van der Waals surface area (Å²) in [7, 11) is 0. The number of carbonyl (C=O) groups is 2. The first kappa shape index (κ1) is 18.9. The molecule has 0 bridgehead atoms. The van der Waals surface area contributed by atoms with E-state index in [1.54, 1.807) is 5.32 Å². The van der Waals surface area contributed by atoms with Crippen molar-refractivity contribution in [3.05, 3.63) is 0 Å². The third kappa shape index (κ3) is 8.89. The van der Waals surface area contributed by atoms with Gasteiger partial charge in [-0.25, -0.2) is 34.0 Å². The van der Waals surface area contributed by atoms with E-state index in [9.17, 15) is 24.0 Å². The van der Waals surface area contributed by atoms with Crippen molar-refractivity contribution in [2.75, 3.05) is 13.1 Å². The first-order valence-corrected chi connectivity index (χ1v) is 6.07. The number of nitrogens with two attached hydrogens (primary N) is 1. The largest absolute Gasteiger partial charge is 0.351 e. The Morgan fingerprint density at radius 2 is 1.68 bits per heavy atom. The molecule has 0 aliphatic carbocycles. The molecule has 2 unspecified atom stereocenters. The van der Waals surface area contributed by atoms with Crippen LogP contribution >= 0.6 is 0 Å². The van der Waals surface area contributed by atoms with E-state index in [1.165, 1.54) is 18.2 Å². The minimum absolute atomic E-state index is 0.168. The van der Waals surface area contributed by atoms with E-state index in [-0.39, 0.29) is 19.5 Å². The lowest BCUT2D eigenvalue weighted by atomic mass is 10.0. The number of amides is 4. The van der Waals surface area contributed by atoms with Gasteiger partial charge in [0.15, 0.2) is 0 Å². The second-order valence-electron chi connectivity index (χ2n) is 3.89.